The lowest BCUT2D eigenvalue weighted by atomic mass is 9.99. The normalized spacial score (nSPS) is 30.7. The van der Waals surface area contributed by atoms with Crippen molar-refractivity contribution in [2.24, 2.45) is 5.73 Å². The van der Waals surface area contributed by atoms with Crippen LogP contribution in [0.5, 0.6) is 0 Å². The van der Waals surface area contributed by atoms with Crippen molar-refractivity contribution in [1.82, 2.24) is 9.80 Å². The topological polar surface area (TPSA) is 92.5 Å². The predicted molar refractivity (Wildman–Crippen MR) is 98.0 cm³/mol. The summed E-state index contributed by atoms with van der Waals surface area (Å²) in [6.45, 7) is 4.52. The second-order valence-corrected chi connectivity index (χ2v) is 7.80. The lowest BCUT2D eigenvalue weighted by molar-refractivity contribution is 0.0840. The van der Waals surface area contributed by atoms with E-state index in [1.54, 1.807) is 34.1 Å². The van der Waals surface area contributed by atoms with Crippen molar-refractivity contribution in [3.05, 3.63) is 35.4 Å². The van der Waals surface area contributed by atoms with E-state index >= 15 is 0 Å². The minimum absolute atomic E-state index is 0.0480. The van der Waals surface area contributed by atoms with Crippen LogP contribution in [0, 0.1) is 0 Å². The lowest BCUT2D eigenvalue weighted by Crippen LogP contribution is -2.29. The zero-order valence-electron chi connectivity index (χ0n) is 15.7. The molecule has 7 heteroatoms. The Balaban J connectivity index is 1.68. The third kappa shape index (κ3) is 2.23. The van der Waals surface area contributed by atoms with Crippen LogP contribution in [0.1, 0.15) is 66.7 Å². The average molecular weight is 371 g/mol. The van der Waals surface area contributed by atoms with Gasteiger partial charge in [-0.3, -0.25) is 14.5 Å². The molecule has 144 valence electrons. The third-order valence-electron chi connectivity index (χ3n) is 6.37. The number of benzene rings is 1. The van der Waals surface area contributed by atoms with Crippen molar-refractivity contribution in [2.75, 3.05) is 6.61 Å². The predicted octanol–water partition coefficient (Wildman–Crippen LogP) is 2.50. The standard InChI is InChI=1S/C20H25N3O4/c1-3-4-5-10-15-20(19(2)11-12-27-18(26)23(19)20)22(15)17(25)14-9-7-6-8-13(14)16(21)24/h6-9,15H,3-5,10-12H2,1-2H3,(H2,21,24)/t15?,19-,20-,22?,23?/m0/s1. The number of primary amides is 1. The van der Waals surface area contributed by atoms with Crippen LogP contribution in [-0.4, -0.2) is 51.6 Å². The lowest BCUT2D eigenvalue weighted by Gasteiger charge is -2.16. The highest BCUT2D eigenvalue weighted by Gasteiger charge is 2.93. The molecule has 1 aromatic rings. The number of cyclic esters (lactones) is 1. The highest BCUT2D eigenvalue weighted by atomic mass is 16.6. The molecular formula is C20H25N3O4. The smallest absolute Gasteiger partial charge is 0.412 e. The summed E-state index contributed by atoms with van der Waals surface area (Å²) in [4.78, 5) is 41.0. The molecule has 0 saturated carbocycles. The first-order valence-corrected chi connectivity index (χ1v) is 9.61. The summed E-state index contributed by atoms with van der Waals surface area (Å²) in [6.07, 6.45) is 4.32. The van der Waals surface area contributed by atoms with Gasteiger partial charge in [0.2, 0.25) is 5.91 Å². The summed E-state index contributed by atoms with van der Waals surface area (Å²) in [5.74, 6) is -0.870. The summed E-state index contributed by atoms with van der Waals surface area (Å²) >= 11 is 0. The quantitative estimate of drug-likeness (QED) is 0.614. The largest absolute Gasteiger partial charge is 0.449 e. The molecule has 0 radical (unpaired) electrons. The molecule has 3 aliphatic rings. The van der Waals surface area contributed by atoms with Crippen molar-refractivity contribution >= 4 is 17.9 Å². The summed E-state index contributed by atoms with van der Waals surface area (Å²) in [7, 11) is 0. The van der Waals surface area contributed by atoms with Crippen LogP contribution in [0.15, 0.2) is 24.3 Å². The molecule has 0 aromatic heterocycles. The van der Waals surface area contributed by atoms with Gasteiger partial charge < -0.3 is 15.4 Å². The highest BCUT2D eigenvalue weighted by Crippen LogP contribution is 2.71. The molecular weight excluding hydrogens is 346 g/mol. The summed E-state index contributed by atoms with van der Waals surface area (Å²) in [5, 5.41) is 0. The van der Waals surface area contributed by atoms with Gasteiger partial charge in [-0.15, -0.1) is 0 Å². The maximum atomic E-state index is 13.4. The first kappa shape index (κ1) is 17.8. The van der Waals surface area contributed by atoms with Gasteiger partial charge in [0.1, 0.15) is 0 Å². The number of carbonyl (C=O) groups excluding carboxylic acids is 3. The van der Waals surface area contributed by atoms with Crippen LogP contribution >= 0.6 is 0 Å². The molecule has 3 fully saturated rings. The molecule has 27 heavy (non-hydrogen) atoms. The molecule has 1 unspecified atom stereocenters. The summed E-state index contributed by atoms with van der Waals surface area (Å²) < 4.78 is 5.22. The third-order valence-corrected chi connectivity index (χ3v) is 6.37. The second kappa shape index (κ2) is 5.97. The van der Waals surface area contributed by atoms with E-state index in [1.807, 2.05) is 6.92 Å². The van der Waals surface area contributed by atoms with Gasteiger partial charge in [0.15, 0.2) is 5.66 Å². The van der Waals surface area contributed by atoms with E-state index in [0.717, 1.165) is 25.7 Å². The highest BCUT2D eigenvalue weighted by molar-refractivity contribution is 6.08. The molecule has 7 nitrogen and oxygen atoms in total. The van der Waals surface area contributed by atoms with E-state index in [-0.39, 0.29) is 23.6 Å². The van der Waals surface area contributed by atoms with Crippen LogP contribution in [-0.2, 0) is 4.74 Å². The number of carbonyl (C=O) groups is 3. The Morgan fingerprint density at radius 1 is 1.26 bits per heavy atom. The Morgan fingerprint density at radius 2 is 1.96 bits per heavy atom. The number of fused-ring (bicyclic) bond motifs is 3. The number of rotatable bonds is 6. The minimum atomic E-state index is -0.628. The van der Waals surface area contributed by atoms with Gasteiger partial charge in [-0.25, -0.2) is 4.79 Å². The minimum Gasteiger partial charge on any atom is -0.449 e. The number of amides is 3. The fourth-order valence-electron chi connectivity index (χ4n) is 5.00. The Morgan fingerprint density at radius 3 is 2.59 bits per heavy atom. The van der Waals surface area contributed by atoms with E-state index in [9.17, 15) is 14.4 Å². The van der Waals surface area contributed by atoms with Gasteiger partial charge in [0.25, 0.3) is 5.91 Å². The van der Waals surface area contributed by atoms with Crippen molar-refractivity contribution in [3.8, 4) is 0 Å². The van der Waals surface area contributed by atoms with Crippen LogP contribution in [0.2, 0.25) is 0 Å². The Labute approximate surface area is 158 Å². The number of hydrogen-bond acceptors (Lipinski definition) is 4. The number of unbranched alkanes of at least 4 members (excludes halogenated alkanes) is 2. The van der Waals surface area contributed by atoms with E-state index in [2.05, 4.69) is 6.92 Å². The van der Waals surface area contributed by atoms with E-state index < -0.39 is 17.1 Å². The molecule has 0 bridgehead atoms. The maximum absolute atomic E-state index is 13.4. The number of ether oxygens (including phenoxy) is 1. The van der Waals surface area contributed by atoms with Crippen molar-refractivity contribution in [1.29, 1.82) is 0 Å². The van der Waals surface area contributed by atoms with Crippen LogP contribution in [0.3, 0.4) is 0 Å². The zero-order valence-corrected chi connectivity index (χ0v) is 15.7. The Bertz CT molecular complexity index is 825. The van der Waals surface area contributed by atoms with Crippen molar-refractivity contribution in [3.63, 3.8) is 0 Å². The number of hydrogen-bond donors (Lipinski definition) is 1. The molecule has 3 saturated heterocycles. The Hall–Kier alpha value is -2.57. The van der Waals surface area contributed by atoms with E-state index in [0.29, 0.717) is 18.6 Å². The SMILES string of the molecule is CCCCCC1N(C(=O)c2ccccc2C(N)=O)[C@]12N1C(=O)OCC[C@]12C. The van der Waals surface area contributed by atoms with Gasteiger partial charge in [0, 0.05) is 6.42 Å². The molecule has 1 spiro atoms. The fraction of sp³-hybridized carbons (Fsp3) is 0.550. The van der Waals surface area contributed by atoms with Gasteiger partial charge in [0.05, 0.1) is 29.3 Å². The fourth-order valence-corrected chi connectivity index (χ4v) is 5.00. The van der Waals surface area contributed by atoms with Crippen molar-refractivity contribution in [2.45, 2.75) is 63.2 Å². The summed E-state index contributed by atoms with van der Waals surface area (Å²) in [6, 6.07) is 6.55. The van der Waals surface area contributed by atoms with Crippen molar-refractivity contribution < 1.29 is 19.1 Å². The first-order valence-electron chi connectivity index (χ1n) is 9.61. The molecule has 0 aliphatic carbocycles. The molecule has 2 N–H and O–H groups in total. The zero-order chi connectivity index (χ0) is 19.4. The van der Waals surface area contributed by atoms with E-state index in [4.69, 9.17) is 10.5 Å². The van der Waals surface area contributed by atoms with Crippen LogP contribution < -0.4 is 5.73 Å². The Kier molecular flexibility index (Phi) is 3.94. The molecule has 4 rings (SSSR count). The van der Waals surface area contributed by atoms with Gasteiger partial charge >= 0.3 is 6.09 Å². The molecule has 3 atom stereocenters. The number of nitrogens with two attached hydrogens (primary N) is 1. The second-order valence-electron chi connectivity index (χ2n) is 7.80. The van der Waals surface area contributed by atoms with E-state index in [1.165, 1.54) is 0 Å². The molecule has 3 aliphatic heterocycles. The summed E-state index contributed by atoms with van der Waals surface area (Å²) in [5.41, 5.74) is 4.96. The number of nitrogens with zero attached hydrogens (tertiary/aromatic N) is 2. The molecule has 1 aromatic carbocycles. The van der Waals surface area contributed by atoms with Gasteiger partial charge in [-0.1, -0.05) is 38.3 Å². The maximum Gasteiger partial charge on any atom is 0.412 e. The van der Waals surface area contributed by atoms with Gasteiger partial charge in [-0.2, -0.15) is 0 Å². The van der Waals surface area contributed by atoms with Gasteiger partial charge in [-0.05, 0) is 25.5 Å². The molecule has 3 amide bonds. The average Bonchev–Trinajstić information content (AvgIpc) is 3.47. The van der Waals surface area contributed by atoms with Crippen LogP contribution in [0.25, 0.3) is 0 Å². The molecule has 3 heterocycles. The first-order chi connectivity index (χ1) is 12.9. The van der Waals surface area contributed by atoms with Crippen LogP contribution in [0.4, 0.5) is 4.79 Å². The monoisotopic (exact) mass is 371 g/mol.